The zero-order valence-corrected chi connectivity index (χ0v) is 20.6. The molecule has 0 saturated heterocycles. The van der Waals surface area contributed by atoms with Crippen LogP contribution in [0.3, 0.4) is 0 Å². The number of hydrogen-bond acceptors (Lipinski definition) is 6. The number of aromatic nitrogens is 7. The number of rotatable bonds is 6. The third-order valence-corrected chi connectivity index (χ3v) is 6.20. The number of nitrogens with zero attached hydrogens (tertiary/aromatic N) is 7. The predicted octanol–water partition coefficient (Wildman–Crippen LogP) is 4.98. The molecule has 208 valence electrons. The second kappa shape index (κ2) is 9.81. The van der Waals surface area contributed by atoms with E-state index in [1.54, 1.807) is 23.1 Å². The van der Waals surface area contributed by atoms with Gasteiger partial charge in [0, 0.05) is 53.1 Å². The predicted molar refractivity (Wildman–Crippen MR) is 132 cm³/mol. The quantitative estimate of drug-likeness (QED) is 0.293. The molecule has 0 radical (unpaired) electrons. The summed E-state index contributed by atoms with van der Waals surface area (Å²) in [6.45, 7) is 0.385. The standard InChI is InChI=1S/C25H20F6N8O/c1-2-19(14-3-5-20(33-8-14)25(29,30)31)38-12-17(9-34-38)16-7-18(22-35-23(32)36-39(22)11-16)15-4-6-21(40)37(10-15)13-24(26,27)28/h3-12,19H,2,13H2,1H3,(H2,32,36)/t19-/m0/s1. The van der Waals surface area contributed by atoms with Gasteiger partial charge in [-0.2, -0.15) is 36.4 Å². The number of nitrogen functional groups attached to an aromatic ring is 1. The summed E-state index contributed by atoms with van der Waals surface area (Å²) in [4.78, 5) is 19.8. The van der Waals surface area contributed by atoms with Crippen LogP contribution in [0.1, 0.15) is 30.6 Å². The van der Waals surface area contributed by atoms with Gasteiger partial charge in [0.1, 0.15) is 12.2 Å². The Morgan fingerprint density at radius 3 is 2.38 bits per heavy atom. The molecule has 5 aromatic rings. The molecule has 0 fully saturated rings. The van der Waals surface area contributed by atoms with E-state index < -0.39 is 36.2 Å². The van der Waals surface area contributed by atoms with Crippen molar-refractivity contribution in [3.63, 3.8) is 0 Å². The van der Waals surface area contributed by atoms with E-state index in [2.05, 4.69) is 20.2 Å². The van der Waals surface area contributed by atoms with Crippen molar-refractivity contribution >= 4 is 11.6 Å². The van der Waals surface area contributed by atoms with Crippen LogP contribution in [0.15, 0.2) is 66.1 Å². The lowest BCUT2D eigenvalue weighted by molar-refractivity contribution is -0.142. The SMILES string of the molecule is CC[C@@H](c1ccc(C(F)(F)F)nc1)n1cc(-c2cc(-c3ccc(=O)n(CC(F)(F)F)c3)c3nc(N)nn3c2)cn1. The Kier molecular flexibility index (Phi) is 6.59. The van der Waals surface area contributed by atoms with Crippen molar-refractivity contribution in [1.29, 1.82) is 0 Å². The molecule has 9 nitrogen and oxygen atoms in total. The van der Waals surface area contributed by atoms with E-state index in [9.17, 15) is 31.1 Å². The van der Waals surface area contributed by atoms with Gasteiger partial charge in [0.05, 0.1) is 12.2 Å². The third kappa shape index (κ3) is 5.39. The highest BCUT2D eigenvalue weighted by Gasteiger charge is 2.32. The zero-order chi connectivity index (χ0) is 28.8. The fourth-order valence-corrected chi connectivity index (χ4v) is 4.38. The minimum absolute atomic E-state index is 0.0708. The molecular weight excluding hydrogens is 542 g/mol. The lowest BCUT2D eigenvalue weighted by Crippen LogP contribution is -2.27. The van der Waals surface area contributed by atoms with Crippen molar-refractivity contribution in [2.75, 3.05) is 5.73 Å². The van der Waals surface area contributed by atoms with E-state index in [4.69, 9.17) is 5.73 Å². The Labute approximate surface area is 221 Å². The van der Waals surface area contributed by atoms with Crippen molar-refractivity contribution in [1.82, 2.24) is 33.9 Å². The number of fused-ring (bicyclic) bond motifs is 1. The average Bonchev–Trinajstić information content (AvgIpc) is 3.50. The van der Waals surface area contributed by atoms with E-state index in [1.807, 2.05) is 6.92 Å². The summed E-state index contributed by atoms with van der Waals surface area (Å²) < 4.78 is 81.4. The van der Waals surface area contributed by atoms with Crippen LogP contribution >= 0.6 is 0 Å². The molecule has 0 amide bonds. The van der Waals surface area contributed by atoms with Gasteiger partial charge in [0.25, 0.3) is 5.56 Å². The Morgan fingerprint density at radius 1 is 0.950 bits per heavy atom. The molecule has 0 aliphatic rings. The van der Waals surface area contributed by atoms with Crippen LogP contribution < -0.4 is 11.3 Å². The highest BCUT2D eigenvalue weighted by atomic mass is 19.4. The molecule has 0 saturated carbocycles. The maximum absolute atomic E-state index is 13.0. The van der Waals surface area contributed by atoms with Gasteiger partial charge in [0.15, 0.2) is 5.65 Å². The maximum atomic E-state index is 13.0. The highest BCUT2D eigenvalue weighted by Crippen LogP contribution is 2.32. The Hall–Kier alpha value is -4.69. The molecule has 5 aromatic heterocycles. The molecule has 40 heavy (non-hydrogen) atoms. The number of hydrogen-bond donors (Lipinski definition) is 1. The summed E-state index contributed by atoms with van der Waals surface area (Å²) in [6.07, 6.45) is -1.58. The molecule has 2 N–H and O–H groups in total. The first-order valence-corrected chi connectivity index (χ1v) is 11.8. The van der Waals surface area contributed by atoms with Crippen LogP contribution in [0.25, 0.3) is 27.9 Å². The second-order valence-electron chi connectivity index (χ2n) is 8.99. The molecule has 5 heterocycles. The first kappa shape index (κ1) is 26.9. The number of halogens is 6. The van der Waals surface area contributed by atoms with Gasteiger partial charge in [0.2, 0.25) is 5.95 Å². The largest absolute Gasteiger partial charge is 0.433 e. The molecule has 0 unspecified atom stereocenters. The maximum Gasteiger partial charge on any atom is 0.433 e. The number of pyridine rings is 3. The van der Waals surface area contributed by atoms with E-state index >= 15 is 0 Å². The first-order valence-electron chi connectivity index (χ1n) is 11.8. The summed E-state index contributed by atoms with van der Waals surface area (Å²) in [5.41, 5.74) is 6.52. The lowest BCUT2D eigenvalue weighted by Gasteiger charge is -2.16. The van der Waals surface area contributed by atoms with Crippen LogP contribution in [-0.2, 0) is 12.7 Å². The number of alkyl halides is 6. The third-order valence-electron chi connectivity index (χ3n) is 6.20. The monoisotopic (exact) mass is 562 g/mol. The summed E-state index contributed by atoms with van der Waals surface area (Å²) in [5.74, 6) is -0.0708. The minimum atomic E-state index is -4.61. The average molecular weight is 562 g/mol. The topological polar surface area (TPSA) is 109 Å². The fraction of sp³-hybridized carbons (Fsp3) is 0.240. The molecule has 5 rings (SSSR count). The van der Waals surface area contributed by atoms with Gasteiger partial charge in [-0.3, -0.25) is 14.5 Å². The fourth-order valence-electron chi connectivity index (χ4n) is 4.38. The van der Waals surface area contributed by atoms with Crippen molar-refractivity contribution in [2.24, 2.45) is 0 Å². The van der Waals surface area contributed by atoms with Gasteiger partial charge in [-0.25, -0.2) is 4.52 Å². The number of nitrogens with two attached hydrogens (primary N) is 1. The summed E-state index contributed by atoms with van der Waals surface area (Å²) in [6, 6.07) is 5.92. The normalized spacial score (nSPS) is 13.2. The lowest BCUT2D eigenvalue weighted by atomic mass is 10.0. The van der Waals surface area contributed by atoms with Gasteiger partial charge < -0.3 is 10.3 Å². The van der Waals surface area contributed by atoms with E-state index in [0.29, 0.717) is 33.2 Å². The van der Waals surface area contributed by atoms with Crippen molar-refractivity contribution in [2.45, 2.75) is 38.3 Å². The Balaban J connectivity index is 1.55. The van der Waals surface area contributed by atoms with E-state index in [0.717, 1.165) is 24.5 Å². The van der Waals surface area contributed by atoms with Crippen LogP contribution in [0.2, 0.25) is 0 Å². The van der Waals surface area contributed by atoms with Crippen molar-refractivity contribution < 1.29 is 26.3 Å². The molecule has 0 aliphatic carbocycles. The number of anilines is 1. The molecular formula is C25H20F6N8O. The van der Waals surface area contributed by atoms with Gasteiger partial charge >= 0.3 is 12.4 Å². The van der Waals surface area contributed by atoms with E-state index in [1.165, 1.54) is 22.8 Å². The smallest absolute Gasteiger partial charge is 0.366 e. The molecule has 0 aromatic carbocycles. The first-order chi connectivity index (χ1) is 18.8. The van der Waals surface area contributed by atoms with E-state index in [-0.39, 0.29) is 17.2 Å². The van der Waals surface area contributed by atoms with Crippen LogP contribution in [0.5, 0.6) is 0 Å². The molecule has 0 aliphatic heterocycles. The Bertz CT molecular complexity index is 1730. The van der Waals surface area contributed by atoms with Crippen LogP contribution in [0.4, 0.5) is 32.3 Å². The Morgan fingerprint density at radius 2 is 1.73 bits per heavy atom. The van der Waals surface area contributed by atoms with Crippen molar-refractivity contribution in [3.8, 4) is 22.3 Å². The van der Waals surface area contributed by atoms with Crippen LogP contribution in [0, 0.1) is 0 Å². The molecule has 15 heteroatoms. The minimum Gasteiger partial charge on any atom is -0.366 e. The van der Waals surface area contributed by atoms with Gasteiger partial charge in [-0.05, 0) is 30.2 Å². The summed E-state index contributed by atoms with van der Waals surface area (Å²) in [7, 11) is 0. The highest BCUT2D eigenvalue weighted by molar-refractivity contribution is 5.82. The van der Waals surface area contributed by atoms with Crippen molar-refractivity contribution in [3.05, 3.63) is 82.9 Å². The van der Waals surface area contributed by atoms with Crippen LogP contribution in [-0.4, -0.2) is 40.1 Å². The zero-order valence-electron chi connectivity index (χ0n) is 20.6. The van der Waals surface area contributed by atoms with Gasteiger partial charge in [-0.1, -0.05) is 13.0 Å². The molecule has 1 atom stereocenters. The summed E-state index contributed by atoms with van der Waals surface area (Å²) in [5, 5.41) is 8.52. The molecule has 0 spiro atoms. The van der Waals surface area contributed by atoms with Gasteiger partial charge in [-0.15, -0.1) is 5.10 Å². The summed E-state index contributed by atoms with van der Waals surface area (Å²) >= 11 is 0. The molecule has 0 bridgehead atoms. The second-order valence-corrected chi connectivity index (χ2v) is 8.99.